The Morgan fingerprint density at radius 2 is 2.04 bits per heavy atom. The topological polar surface area (TPSA) is 82.8 Å². The third kappa shape index (κ3) is 4.39. The number of likely N-dealkylation sites (N-methyl/N-ethyl adjacent to an activating group) is 1. The number of aryl methyl sites for hydroxylation is 1. The molecule has 1 aromatic heterocycles. The van der Waals surface area contributed by atoms with Crippen LogP contribution >= 0.6 is 9.24 Å². The molecule has 0 radical (unpaired) electrons. The van der Waals surface area contributed by atoms with Gasteiger partial charge in [-0.15, -0.1) is 9.24 Å². The molecular formula is C19H26N5O3P. The van der Waals surface area contributed by atoms with Gasteiger partial charge in [-0.25, -0.2) is 5.01 Å². The number of hydrogen-bond donors (Lipinski definition) is 0. The van der Waals surface area contributed by atoms with E-state index in [4.69, 9.17) is 4.52 Å². The van der Waals surface area contributed by atoms with Crippen molar-refractivity contribution < 1.29 is 14.1 Å². The van der Waals surface area contributed by atoms with Crippen molar-refractivity contribution in [2.45, 2.75) is 26.7 Å². The molecule has 0 aliphatic carbocycles. The standard InChI is InChI=1S/C19H26N5O3P/c1-13-16(10-15(11-17(13)28)19-20-14(2)27-21-19)23(8-9-25)12-18(26)22(3)24-6-4-5-7-24/h9-11H,4-8,12,28H2,1-3H3. The maximum atomic E-state index is 12.8. The van der Waals surface area contributed by atoms with Crippen LogP contribution < -0.4 is 10.2 Å². The first kappa shape index (κ1) is 20.4. The van der Waals surface area contributed by atoms with E-state index in [1.54, 1.807) is 23.9 Å². The maximum absolute atomic E-state index is 12.8. The third-order valence-corrected chi connectivity index (χ3v) is 5.64. The molecule has 1 aromatic carbocycles. The highest BCUT2D eigenvalue weighted by molar-refractivity contribution is 7.27. The Hall–Kier alpha value is -2.31. The minimum atomic E-state index is -0.0470. The van der Waals surface area contributed by atoms with Gasteiger partial charge < -0.3 is 14.2 Å². The van der Waals surface area contributed by atoms with Gasteiger partial charge in [-0.2, -0.15) is 4.98 Å². The Labute approximate surface area is 167 Å². The number of aldehydes is 1. The first-order valence-corrected chi connectivity index (χ1v) is 9.89. The fourth-order valence-electron chi connectivity index (χ4n) is 3.36. The van der Waals surface area contributed by atoms with Crippen LogP contribution in [-0.4, -0.2) is 65.6 Å². The van der Waals surface area contributed by atoms with Crippen molar-refractivity contribution in [2.24, 2.45) is 0 Å². The van der Waals surface area contributed by atoms with Gasteiger partial charge >= 0.3 is 0 Å². The third-order valence-electron chi connectivity index (χ3n) is 5.04. The van der Waals surface area contributed by atoms with Gasteiger partial charge in [0.25, 0.3) is 5.91 Å². The van der Waals surface area contributed by atoms with Crippen LogP contribution in [0.3, 0.4) is 0 Å². The largest absolute Gasteiger partial charge is 0.355 e. The van der Waals surface area contributed by atoms with E-state index in [0.717, 1.165) is 54.3 Å². The lowest BCUT2D eigenvalue weighted by molar-refractivity contribution is -0.142. The second kappa shape index (κ2) is 8.80. The zero-order valence-corrected chi connectivity index (χ0v) is 17.7. The number of hydrazine groups is 1. The molecule has 0 saturated carbocycles. The number of carbonyl (C=O) groups excluding carboxylic acids is 2. The number of hydrogen-bond acceptors (Lipinski definition) is 7. The lowest BCUT2D eigenvalue weighted by Gasteiger charge is -2.31. The van der Waals surface area contributed by atoms with Gasteiger partial charge in [0.15, 0.2) is 0 Å². The summed E-state index contributed by atoms with van der Waals surface area (Å²) in [6.45, 7) is 5.72. The van der Waals surface area contributed by atoms with E-state index in [2.05, 4.69) is 19.4 Å². The van der Waals surface area contributed by atoms with Gasteiger partial charge in [-0.1, -0.05) is 5.16 Å². The average Bonchev–Trinajstić information content (AvgIpc) is 3.34. The molecule has 0 spiro atoms. The second-order valence-electron chi connectivity index (χ2n) is 6.97. The summed E-state index contributed by atoms with van der Waals surface area (Å²) in [4.78, 5) is 30.2. The monoisotopic (exact) mass is 403 g/mol. The van der Waals surface area contributed by atoms with Crippen molar-refractivity contribution in [1.82, 2.24) is 20.2 Å². The normalized spacial score (nSPS) is 14.3. The Bertz CT molecular complexity index is 863. The van der Waals surface area contributed by atoms with Gasteiger partial charge in [0.05, 0.1) is 13.1 Å². The Morgan fingerprint density at radius 3 is 2.64 bits per heavy atom. The van der Waals surface area contributed by atoms with E-state index >= 15 is 0 Å². The molecule has 8 nitrogen and oxygen atoms in total. The molecule has 150 valence electrons. The number of rotatable bonds is 7. The van der Waals surface area contributed by atoms with Crippen LogP contribution in [0.1, 0.15) is 24.3 Å². The summed E-state index contributed by atoms with van der Waals surface area (Å²) in [7, 11) is 4.48. The lowest BCUT2D eigenvalue weighted by atomic mass is 10.1. The van der Waals surface area contributed by atoms with Gasteiger partial charge in [0, 0.05) is 38.3 Å². The van der Waals surface area contributed by atoms with Crippen molar-refractivity contribution in [2.75, 3.05) is 38.1 Å². The van der Waals surface area contributed by atoms with Gasteiger partial charge in [0.2, 0.25) is 11.7 Å². The van der Waals surface area contributed by atoms with Crippen LogP contribution in [0.4, 0.5) is 5.69 Å². The van der Waals surface area contributed by atoms with E-state index < -0.39 is 0 Å². The van der Waals surface area contributed by atoms with Crippen LogP contribution in [0.2, 0.25) is 0 Å². The van der Waals surface area contributed by atoms with E-state index in [0.29, 0.717) is 11.7 Å². The zero-order chi connectivity index (χ0) is 20.3. The molecule has 0 bridgehead atoms. The van der Waals surface area contributed by atoms with E-state index in [1.165, 1.54) is 0 Å². The first-order chi connectivity index (χ1) is 13.4. The Morgan fingerprint density at radius 1 is 1.32 bits per heavy atom. The van der Waals surface area contributed by atoms with Crippen LogP contribution in [0, 0.1) is 13.8 Å². The van der Waals surface area contributed by atoms with Gasteiger partial charge in [-0.3, -0.25) is 9.80 Å². The molecule has 3 rings (SSSR count). The summed E-state index contributed by atoms with van der Waals surface area (Å²) in [6.07, 6.45) is 3.00. The molecule has 1 aliphatic rings. The van der Waals surface area contributed by atoms with Crippen molar-refractivity contribution in [1.29, 1.82) is 0 Å². The smallest absolute Gasteiger partial charge is 0.256 e. The van der Waals surface area contributed by atoms with Gasteiger partial charge in [0.1, 0.15) is 6.29 Å². The number of carbonyl (C=O) groups is 2. The number of nitrogens with zero attached hydrogens (tertiary/aromatic N) is 5. The second-order valence-corrected chi connectivity index (χ2v) is 7.59. The summed E-state index contributed by atoms with van der Waals surface area (Å²) >= 11 is 0. The first-order valence-electron chi connectivity index (χ1n) is 9.31. The van der Waals surface area contributed by atoms with Crippen molar-refractivity contribution >= 4 is 32.4 Å². The fourth-order valence-corrected chi connectivity index (χ4v) is 3.68. The summed E-state index contributed by atoms with van der Waals surface area (Å²) in [5.74, 6) is 0.915. The molecule has 28 heavy (non-hydrogen) atoms. The molecule has 1 amide bonds. The minimum absolute atomic E-state index is 0.0470. The van der Waals surface area contributed by atoms with E-state index in [9.17, 15) is 9.59 Å². The summed E-state index contributed by atoms with van der Waals surface area (Å²) in [5, 5.41) is 8.65. The minimum Gasteiger partial charge on any atom is -0.355 e. The van der Waals surface area contributed by atoms with Gasteiger partial charge in [-0.05, 0) is 42.8 Å². The van der Waals surface area contributed by atoms with Crippen LogP contribution in [0.25, 0.3) is 11.4 Å². The molecule has 1 fully saturated rings. The lowest BCUT2D eigenvalue weighted by Crippen LogP contribution is -2.47. The SMILES string of the molecule is Cc1nc(-c2cc(P)c(C)c(N(CC=O)CC(=O)N(C)N3CCCC3)c2)no1. The molecule has 1 atom stereocenters. The maximum Gasteiger partial charge on any atom is 0.256 e. The number of anilines is 1. The van der Waals surface area contributed by atoms with Crippen molar-refractivity contribution in [3.63, 3.8) is 0 Å². The van der Waals surface area contributed by atoms with E-state index in [1.807, 2.05) is 24.1 Å². The van der Waals surface area contributed by atoms with Crippen molar-refractivity contribution in [3.8, 4) is 11.4 Å². The average molecular weight is 403 g/mol. The summed E-state index contributed by atoms with van der Waals surface area (Å²) < 4.78 is 5.09. The van der Waals surface area contributed by atoms with Crippen LogP contribution in [0.15, 0.2) is 16.7 Å². The molecule has 2 aromatic rings. The predicted octanol–water partition coefficient (Wildman–Crippen LogP) is 1.33. The predicted molar refractivity (Wildman–Crippen MR) is 110 cm³/mol. The molecule has 9 heteroatoms. The van der Waals surface area contributed by atoms with Crippen LogP contribution in [-0.2, 0) is 9.59 Å². The van der Waals surface area contributed by atoms with E-state index in [-0.39, 0.29) is 19.0 Å². The molecule has 1 aliphatic heterocycles. The number of aromatic nitrogens is 2. The fraction of sp³-hybridized carbons (Fsp3) is 0.474. The molecular weight excluding hydrogens is 377 g/mol. The summed E-state index contributed by atoms with van der Waals surface area (Å²) in [5.41, 5.74) is 2.56. The molecule has 0 N–H and O–H groups in total. The molecule has 1 saturated heterocycles. The number of benzene rings is 1. The number of amides is 1. The molecule has 1 unspecified atom stereocenters. The highest BCUT2D eigenvalue weighted by atomic mass is 31.0. The Kier molecular flexibility index (Phi) is 6.42. The highest BCUT2D eigenvalue weighted by Gasteiger charge is 2.24. The Balaban J connectivity index is 1.89. The molecule has 2 heterocycles. The van der Waals surface area contributed by atoms with Crippen molar-refractivity contribution in [3.05, 3.63) is 23.6 Å². The quantitative estimate of drug-likeness (QED) is 0.509. The highest BCUT2D eigenvalue weighted by Crippen LogP contribution is 2.27. The summed E-state index contributed by atoms with van der Waals surface area (Å²) in [6, 6.07) is 3.85. The zero-order valence-electron chi connectivity index (χ0n) is 16.5. The van der Waals surface area contributed by atoms with Crippen LogP contribution in [0.5, 0.6) is 0 Å².